The molecule has 0 saturated heterocycles. The van der Waals surface area contributed by atoms with Gasteiger partial charge in [0, 0.05) is 18.6 Å². The first-order valence-electron chi connectivity index (χ1n) is 7.49. The molecule has 1 atom stereocenters. The van der Waals surface area contributed by atoms with Crippen LogP contribution in [0.1, 0.15) is 32.6 Å². The summed E-state index contributed by atoms with van der Waals surface area (Å²) < 4.78 is 5.76. The summed E-state index contributed by atoms with van der Waals surface area (Å²) in [5.41, 5.74) is 6.71. The van der Waals surface area contributed by atoms with Crippen molar-refractivity contribution in [3.63, 3.8) is 0 Å². The third-order valence-corrected chi connectivity index (χ3v) is 3.82. The molecule has 0 aliphatic carbocycles. The van der Waals surface area contributed by atoms with E-state index in [9.17, 15) is 0 Å². The second-order valence-electron chi connectivity index (χ2n) is 5.93. The second kappa shape index (κ2) is 6.95. The maximum atomic E-state index is 9.16. The molecular weight excluding hydrogens is 252 g/mol. The number of aliphatic hydroxyl groups is 1. The Kier molecular flexibility index (Phi) is 5.26. The number of aliphatic hydroxyl groups excluding tert-OH is 1. The van der Waals surface area contributed by atoms with Crippen LogP contribution in [0.5, 0.6) is 5.75 Å². The van der Waals surface area contributed by atoms with Crippen molar-refractivity contribution >= 4 is 5.69 Å². The Bertz CT molecular complexity index is 421. The average Bonchev–Trinajstić information content (AvgIpc) is 2.66. The Morgan fingerprint density at radius 3 is 2.95 bits per heavy atom. The summed E-state index contributed by atoms with van der Waals surface area (Å²) in [7, 11) is 0. The van der Waals surface area contributed by atoms with Crippen LogP contribution >= 0.6 is 0 Å². The zero-order chi connectivity index (χ0) is 14.4. The minimum atomic E-state index is -0.445. The van der Waals surface area contributed by atoms with E-state index in [4.69, 9.17) is 15.6 Å². The van der Waals surface area contributed by atoms with Crippen LogP contribution in [-0.4, -0.2) is 36.9 Å². The van der Waals surface area contributed by atoms with Gasteiger partial charge in [0.25, 0.3) is 0 Å². The van der Waals surface area contributed by atoms with Crippen molar-refractivity contribution in [2.45, 2.75) is 38.1 Å². The molecule has 0 amide bonds. The predicted octanol–water partition coefficient (Wildman–Crippen LogP) is 2.16. The highest BCUT2D eigenvalue weighted by Gasteiger charge is 2.18. The molecule has 112 valence electrons. The molecule has 1 aromatic carbocycles. The van der Waals surface area contributed by atoms with E-state index in [0.717, 1.165) is 51.1 Å². The Hall–Kier alpha value is -1.26. The van der Waals surface area contributed by atoms with E-state index in [1.165, 1.54) is 5.69 Å². The van der Waals surface area contributed by atoms with Crippen molar-refractivity contribution in [3.05, 3.63) is 24.3 Å². The highest BCUT2D eigenvalue weighted by atomic mass is 16.5. The fraction of sp³-hybridized carbons (Fsp3) is 0.625. The molecule has 1 aliphatic heterocycles. The van der Waals surface area contributed by atoms with Crippen LogP contribution in [0, 0.1) is 0 Å². The number of hydrogen-bond donors (Lipinski definition) is 2. The summed E-state index contributed by atoms with van der Waals surface area (Å²) in [4.78, 5) is 2.40. The van der Waals surface area contributed by atoms with Crippen molar-refractivity contribution in [2.75, 3.05) is 31.2 Å². The van der Waals surface area contributed by atoms with E-state index < -0.39 is 5.54 Å². The summed E-state index contributed by atoms with van der Waals surface area (Å²) in [6.45, 7) is 4.80. The molecule has 0 spiro atoms. The molecule has 0 aromatic heterocycles. The number of para-hydroxylation sites is 2. The largest absolute Gasteiger partial charge is 0.491 e. The fourth-order valence-electron chi connectivity index (χ4n) is 2.54. The van der Waals surface area contributed by atoms with Gasteiger partial charge in [0.05, 0.1) is 18.9 Å². The predicted molar refractivity (Wildman–Crippen MR) is 82.3 cm³/mol. The lowest BCUT2D eigenvalue weighted by molar-refractivity contribution is 0.197. The molecule has 4 nitrogen and oxygen atoms in total. The van der Waals surface area contributed by atoms with Crippen molar-refractivity contribution in [1.82, 2.24) is 0 Å². The third kappa shape index (κ3) is 4.12. The quantitative estimate of drug-likeness (QED) is 0.783. The maximum Gasteiger partial charge on any atom is 0.142 e. The molecule has 1 aliphatic rings. The van der Waals surface area contributed by atoms with Crippen LogP contribution in [0.3, 0.4) is 0 Å². The number of ether oxygens (including phenoxy) is 1. The summed E-state index contributed by atoms with van der Waals surface area (Å²) >= 11 is 0. The molecule has 2 rings (SSSR count). The van der Waals surface area contributed by atoms with Gasteiger partial charge in [-0.1, -0.05) is 12.1 Å². The van der Waals surface area contributed by atoms with Gasteiger partial charge < -0.3 is 20.5 Å². The second-order valence-corrected chi connectivity index (χ2v) is 5.93. The number of rotatable bonds is 6. The first kappa shape index (κ1) is 15.1. The zero-order valence-electron chi connectivity index (χ0n) is 12.3. The van der Waals surface area contributed by atoms with Crippen LogP contribution in [0.2, 0.25) is 0 Å². The molecule has 20 heavy (non-hydrogen) atoms. The SMILES string of the molecule is CC(N)(CO)CCCCN1CCCOc2ccccc21. The van der Waals surface area contributed by atoms with Crippen molar-refractivity contribution in [3.8, 4) is 5.75 Å². The van der Waals surface area contributed by atoms with E-state index in [-0.39, 0.29) is 6.61 Å². The molecular formula is C16H26N2O2. The minimum absolute atomic E-state index is 0.0490. The number of benzene rings is 1. The Morgan fingerprint density at radius 2 is 2.15 bits per heavy atom. The summed E-state index contributed by atoms with van der Waals surface area (Å²) in [6, 6.07) is 8.24. The number of nitrogens with zero attached hydrogens (tertiary/aromatic N) is 1. The summed E-state index contributed by atoms with van der Waals surface area (Å²) in [5, 5.41) is 9.16. The smallest absolute Gasteiger partial charge is 0.142 e. The normalized spacial score (nSPS) is 17.9. The molecule has 0 saturated carbocycles. The molecule has 0 bridgehead atoms. The number of nitrogens with two attached hydrogens (primary N) is 1. The van der Waals surface area contributed by atoms with Crippen LogP contribution in [-0.2, 0) is 0 Å². The number of hydrogen-bond acceptors (Lipinski definition) is 4. The van der Waals surface area contributed by atoms with Gasteiger partial charge in [-0.15, -0.1) is 0 Å². The Morgan fingerprint density at radius 1 is 1.35 bits per heavy atom. The van der Waals surface area contributed by atoms with Crippen LogP contribution in [0.15, 0.2) is 24.3 Å². The van der Waals surface area contributed by atoms with E-state index in [1.807, 2.05) is 19.1 Å². The van der Waals surface area contributed by atoms with Gasteiger partial charge in [0.15, 0.2) is 0 Å². The first-order valence-corrected chi connectivity index (χ1v) is 7.49. The van der Waals surface area contributed by atoms with Crippen LogP contribution < -0.4 is 15.4 Å². The lowest BCUT2D eigenvalue weighted by Crippen LogP contribution is -2.40. The standard InChI is InChI=1S/C16H26N2O2/c1-16(17,13-19)9-4-5-10-18-11-6-12-20-15-8-3-2-7-14(15)18/h2-3,7-8,19H,4-6,9-13,17H2,1H3. The fourth-order valence-corrected chi connectivity index (χ4v) is 2.54. The zero-order valence-corrected chi connectivity index (χ0v) is 12.3. The lowest BCUT2D eigenvalue weighted by atomic mass is 9.97. The van der Waals surface area contributed by atoms with E-state index in [1.54, 1.807) is 0 Å². The van der Waals surface area contributed by atoms with E-state index in [2.05, 4.69) is 17.0 Å². The van der Waals surface area contributed by atoms with Gasteiger partial charge in [-0.3, -0.25) is 0 Å². The summed E-state index contributed by atoms with van der Waals surface area (Å²) in [6.07, 6.45) is 4.03. The Labute approximate surface area is 121 Å². The van der Waals surface area contributed by atoms with Gasteiger partial charge in [-0.05, 0) is 44.7 Å². The van der Waals surface area contributed by atoms with E-state index >= 15 is 0 Å². The molecule has 4 heteroatoms. The van der Waals surface area contributed by atoms with E-state index in [0.29, 0.717) is 0 Å². The average molecular weight is 278 g/mol. The minimum Gasteiger partial charge on any atom is -0.491 e. The molecule has 0 fully saturated rings. The number of fused-ring (bicyclic) bond motifs is 1. The highest BCUT2D eigenvalue weighted by Crippen LogP contribution is 2.30. The number of anilines is 1. The molecule has 0 radical (unpaired) electrons. The monoisotopic (exact) mass is 278 g/mol. The van der Waals surface area contributed by atoms with Gasteiger partial charge in [-0.25, -0.2) is 0 Å². The molecule has 1 heterocycles. The lowest BCUT2D eigenvalue weighted by Gasteiger charge is -2.25. The number of unbranched alkanes of at least 4 members (excludes halogenated alkanes) is 1. The van der Waals surface area contributed by atoms with Gasteiger partial charge >= 0.3 is 0 Å². The van der Waals surface area contributed by atoms with Crippen molar-refractivity contribution in [1.29, 1.82) is 0 Å². The summed E-state index contributed by atoms with van der Waals surface area (Å²) in [5.74, 6) is 0.990. The molecule has 3 N–H and O–H groups in total. The first-order chi connectivity index (χ1) is 9.62. The highest BCUT2D eigenvalue weighted by molar-refractivity contribution is 5.58. The maximum absolute atomic E-state index is 9.16. The van der Waals surface area contributed by atoms with Crippen LogP contribution in [0.4, 0.5) is 5.69 Å². The van der Waals surface area contributed by atoms with Gasteiger partial charge in [0.2, 0.25) is 0 Å². The van der Waals surface area contributed by atoms with Gasteiger partial charge in [0.1, 0.15) is 5.75 Å². The molecule has 1 aromatic rings. The Balaban J connectivity index is 1.87. The van der Waals surface area contributed by atoms with Crippen LogP contribution in [0.25, 0.3) is 0 Å². The molecule has 1 unspecified atom stereocenters. The third-order valence-electron chi connectivity index (χ3n) is 3.82. The van der Waals surface area contributed by atoms with Crippen molar-refractivity contribution < 1.29 is 9.84 Å². The van der Waals surface area contributed by atoms with Crippen molar-refractivity contribution in [2.24, 2.45) is 5.73 Å². The topological polar surface area (TPSA) is 58.7 Å². The van der Waals surface area contributed by atoms with Gasteiger partial charge in [-0.2, -0.15) is 0 Å².